The molecule has 0 amide bonds. The van der Waals surface area contributed by atoms with Crippen molar-refractivity contribution in [2.75, 3.05) is 0 Å². The minimum atomic E-state index is -0.902. The van der Waals surface area contributed by atoms with Crippen molar-refractivity contribution in [3.63, 3.8) is 0 Å². The second kappa shape index (κ2) is 4.95. The number of nitrogens with zero attached hydrogens (tertiary/aromatic N) is 1. The van der Waals surface area contributed by atoms with E-state index in [9.17, 15) is 5.11 Å². The standard InChI is InChI=1S/C11H20N2O3/c1-7-5-9(16-13-7)8(12)6-10(14)15-11(2,3)4/h5,8,10,14H,6,12H2,1-4H3/t8-,10-/m0/s1. The lowest BCUT2D eigenvalue weighted by atomic mass is 10.1. The quantitative estimate of drug-likeness (QED) is 0.763. The Balaban J connectivity index is 2.48. The van der Waals surface area contributed by atoms with Gasteiger partial charge in [-0.2, -0.15) is 0 Å². The molecular weight excluding hydrogens is 208 g/mol. The van der Waals surface area contributed by atoms with E-state index in [4.69, 9.17) is 15.0 Å². The van der Waals surface area contributed by atoms with Crippen molar-refractivity contribution in [1.82, 2.24) is 5.16 Å². The fourth-order valence-electron chi connectivity index (χ4n) is 1.35. The number of rotatable bonds is 4. The predicted octanol–water partition coefficient (Wildman–Crippen LogP) is 1.51. The predicted molar refractivity (Wildman–Crippen MR) is 59.6 cm³/mol. The maximum absolute atomic E-state index is 9.66. The van der Waals surface area contributed by atoms with Gasteiger partial charge in [0.15, 0.2) is 12.1 Å². The SMILES string of the molecule is Cc1cc([C@@H](N)C[C@@H](O)OC(C)(C)C)on1. The van der Waals surface area contributed by atoms with Crippen LogP contribution in [-0.4, -0.2) is 22.2 Å². The second-order valence-electron chi connectivity index (χ2n) is 4.90. The first-order valence-corrected chi connectivity index (χ1v) is 5.32. The average molecular weight is 228 g/mol. The Morgan fingerprint density at radius 2 is 2.19 bits per heavy atom. The average Bonchev–Trinajstić information content (AvgIpc) is 2.47. The molecule has 2 atom stereocenters. The molecule has 5 heteroatoms. The van der Waals surface area contributed by atoms with Gasteiger partial charge >= 0.3 is 0 Å². The summed E-state index contributed by atoms with van der Waals surface area (Å²) in [5.41, 5.74) is 6.24. The van der Waals surface area contributed by atoms with Crippen molar-refractivity contribution >= 4 is 0 Å². The largest absolute Gasteiger partial charge is 0.368 e. The Hall–Kier alpha value is -0.910. The molecule has 0 spiro atoms. The van der Waals surface area contributed by atoms with Gasteiger partial charge in [0.25, 0.3) is 0 Å². The van der Waals surface area contributed by atoms with Crippen LogP contribution in [0.4, 0.5) is 0 Å². The molecule has 16 heavy (non-hydrogen) atoms. The highest BCUT2D eigenvalue weighted by atomic mass is 16.6. The van der Waals surface area contributed by atoms with Crippen molar-refractivity contribution in [3.05, 3.63) is 17.5 Å². The van der Waals surface area contributed by atoms with Crippen LogP contribution >= 0.6 is 0 Å². The molecule has 0 radical (unpaired) electrons. The first-order chi connectivity index (χ1) is 7.28. The highest BCUT2D eigenvalue weighted by Crippen LogP contribution is 2.20. The van der Waals surface area contributed by atoms with Crippen LogP contribution in [0.1, 0.15) is 44.7 Å². The Morgan fingerprint density at radius 3 is 2.62 bits per heavy atom. The Kier molecular flexibility index (Phi) is 4.07. The number of hydrogen-bond donors (Lipinski definition) is 2. The number of aryl methyl sites for hydroxylation is 1. The first-order valence-electron chi connectivity index (χ1n) is 5.32. The number of aromatic nitrogens is 1. The molecule has 1 aromatic rings. The summed E-state index contributed by atoms with van der Waals surface area (Å²) >= 11 is 0. The van der Waals surface area contributed by atoms with Gasteiger partial charge in [0.1, 0.15) is 0 Å². The van der Waals surface area contributed by atoms with Gasteiger partial charge in [0.05, 0.1) is 17.3 Å². The van der Waals surface area contributed by atoms with Crippen LogP contribution < -0.4 is 5.73 Å². The van der Waals surface area contributed by atoms with Crippen LogP contribution in [-0.2, 0) is 4.74 Å². The van der Waals surface area contributed by atoms with Gasteiger partial charge in [-0.15, -0.1) is 0 Å². The number of nitrogens with two attached hydrogens (primary N) is 1. The maximum Gasteiger partial charge on any atom is 0.157 e. The van der Waals surface area contributed by atoms with Crippen molar-refractivity contribution in [3.8, 4) is 0 Å². The second-order valence-corrected chi connectivity index (χ2v) is 4.90. The lowest BCUT2D eigenvalue weighted by Crippen LogP contribution is -2.30. The van der Waals surface area contributed by atoms with Gasteiger partial charge in [-0.1, -0.05) is 5.16 Å². The summed E-state index contributed by atoms with van der Waals surface area (Å²) in [6.07, 6.45) is -0.619. The first kappa shape index (κ1) is 13.2. The Bertz CT molecular complexity index is 330. The third kappa shape index (κ3) is 4.30. The van der Waals surface area contributed by atoms with Gasteiger partial charge in [0.2, 0.25) is 0 Å². The van der Waals surface area contributed by atoms with E-state index in [0.717, 1.165) is 5.69 Å². The molecule has 1 aromatic heterocycles. The Labute approximate surface area is 95.6 Å². The summed E-state index contributed by atoms with van der Waals surface area (Å²) in [5, 5.41) is 13.4. The number of aliphatic hydroxyl groups is 1. The lowest BCUT2D eigenvalue weighted by Gasteiger charge is -2.25. The molecule has 0 aliphatic rings. The van der Waals surface area contributed by atoms with E-state index in [-0.39, 0.29) is 6.42 Å². The molecule has 92 valence electrons. The molecule has 0 saturated carbocycles. The van der Waals surface area contributed by atoms with E-state index < -0.39 is 17.9 Å². The summed E-state index contributed by atoms with van der Waals surface area (Å²) < 4.78 is 10.4. The van der Waals surface area contributed by atoms with Crippen LogP contribution in [0.25, 0.3) is 0 Å². The van der Waals surface area contributed by atoms with Crippen LogP contribution in [0.15, 0.2) is 10.6 Å². The molecule has 0 unspecified atom stereocenters. The fourth-order valence-corrected chi connectivity index (χ4v) is 1.35. The highest BCUT2D eigenvalue weighted by Gasteiger charge is 2.21. The normalized spacial score (nSPS) is 16.1. The molecule has 0 aromatic carbocycles. The molecule has 5 nitrogen and oxygen atoms in total. The van der Waals surface area contributed by atoms with Gasteiger partial charge < -0.3 is 20.1 Å². The molecule has 0 bridgehead atoms. The molecule has 0 aliphatic heterocycles. The zero-order valence-electron chi connectivity index (χ0n) is 10.2. The number of ether oxygens (including phenoxy) is 1. The monoisotopic (exact) mass is 228 g/mol. The summed E-state index contributed by atoms with van der Waals surface area (Å²) in [7, 11) is 0. The smallest absolute Gasteiger partial charge is 0.157 e. The van der Waals surface area contributed by atoms with Crippen LogP contribution in [0.5, 0.6) is 0 Å². The molecular formula is C11H20N2O3. The van der Waals surface area contributed by atoms with E-state index in [0.29, 0.717) is 5.76 Å². The zero-order chi connectivity index (χ0) is 12.3. The lowest BCUT2D eigenvalue weighted by molar-refractivity contribution is -0.170. The molecule has 0 aliphatic carbocycles. The van der Waals surface area contributed by atoms with Gasteiger partial charge in [-0.3, -0.25) is 0 Å². The van der Waals surface area contributed by atoms with Crippen LogP contribution in [0, 0.1) is 6.92 Å². The Morgan fingerprint density at radius 1 is 1.56 bits per heavy atom. The molecule has 0 saturated heterocycles. The fraction of sp³-hybridized carbons (Fsp3) is 0.727. The summed E-state index contributed by atoms with van der Waals surface area (Å²) in [6.45, 7) is 7.45. The number of hydrogen-bond acceptors (Lipinski definition) is 5. The highest BCUT2D eigenvalue weighted by molar-refractivity contribution is 5.07. The summed E-state index contributed by atoms with van der Waals surface area (Å²) in [5.74, 6) is 0.564. The third-order valence-electron chi connectivity index (χ3n) is 1.96. The molecule has 1 rings (SSSR count). The van der Waals surface area contributed by atoms with Gasteiger partial charge in [-0.25, -0.2) is 0 Å². The van der Waals surface area contributed by atoms with E-state index in [1.54, 1.807) is 6.07 Å². The summed E-state index contributed by atoms with van der Waals surface area (Å²) in [6, 6.07) is 1.35. The topological polar surface area (TPSA) is 81.5 Å². The van der Waals surface area contributed by atoms with Gasteiger partial charge in [-0.05, 0) is 27.7 Å². The third-order valence-corrected chi connectivity index (χ3v) is 1.96. The zero-order valence-corrected chi connectivity index (χ0v) is 10.2. The molecule has 1 heterocycles. The van der Waals surface area contributed by atoms with Crippen molar-refractivity contribution in [2.45, 2.75) is 52.0 Å². The van der Waals surface area contributed by atoms with E-state index in [1.807, 2.05) is 27.7 Å². The van der Waals surface area contributed by atoms with Crippen LogP contribution in [0.3, 0.4) is 0 Å². The van der Waals surface area contributed by atoms with Crippen molar-refractivity contribution in [2.24, 2.45) is 5.73 Å². The van der Waals surface area contributed by atoms with Gasteiger partial charge in [0, 0.05) is 12.5 Å². The molecule has 3 N–H and O–H groups in total. The molecule has 0 fully saturated rings. The van der Waals surface area contributed by atoms with E-state index in [2.05, 4.69) is 5.16 Å². The van der Waals surface area contributed by atoms with E-state index >= 15 is 0 Å². The van der Waals surface area contributed by atoms with E-state index in [1.165, 1.54) is 0 Å². The van der Waals surface area contributed by atoms with Crippen molar-refractivity contribution in [1.29, 1.82) is 0 Å². The number of aliphatic hydroxyl groups excluding tert-OH is 1. The maximum atomic E-state index is 9.66. The van der Waals surface area contributed by atoms with Crippen molar-refractivity contribution < 1.29 is 14.4 Å². The minimum Gasteiger partial charge on any atom is -0.368 e. The summed E-state index contributed by atoms with van der Waals surface area (Å²) in [4.78, 5) is 0. The minimum absolute atomic E-state index is 0.284. The van der Waals surface area contributed by atoms with Crippen LogP contribution in [0.2, 0.25) is 0 Å².